The van der Waals surface area contributed by atoms with Gasteiger partial charge >= 0.3 is 0 Å². The van der Waals surface area contributed by atoms with E-state index in [0.717, 1.165) is 12.1 Å². The Labute approximate surface area is 117 Å². The summed E-state index contributed by atoms with van der Waals surface area (Å²) in [6, 6.07) is 3.30. The fraction of sp³-hybridized carbons (Fsp3) is 0.182. The molecule has 0 spiro atoms. The quantitative estimate of drug-likeness (QED) is 0.607. The minimum Gasteiger partial charge on any atom is -0.325 e. The van der Waals surface area contributed by atoms with Gasteiger partial charge in [-0.05, 0) is 6.07 Å². The second kappa shape index (κ2) is 6.05. The molecule has 2 aromatic rings. The van der Waals surface area contributed by atoms with Crippen molar-refractivity contribution >= 4 is 17.3 Å². The Morgan fingerprint density at radius 3 is 2.90 bits per heavy atom. The molecule has 0 atom stereocenters. The molecule has 9 nitrogen and oxygen atoms in total. The molecule has 0 aliphatic heterocycles. The highest BCUT2D eigenvalue weighted by Crippen LogP contribution is 2.26. The zero-order chi connectivity index (χ0) is 15.4. The molecule has 10 heteroatoms. The van der Waals surface area contributed by atoms with E-state index in [1.54, 1.807) is 0 Å². The van der Waals surface area contributed by atoms with E-state index in [1.807, 2.05) is 0 Å². The van der Waals surface area contributed by atoms with Gasteiger partial charge in [0.25, 0.3) is 5.69 Å². The van der Waals surface area contributed by atoms with E-state index in [2.05, 4.69) is 15.6 Å². The van der Waals surface area contributed by atoms with E-state index in [4.69, 9.17) is 5.73 Å². The van der Waals surface area contributed by atoms with Crippen molar-refractivity contribution in [2.24, 2.45) is 5.73 Å². The zero-order valence-corrected chi connectivity index (χ0v) is 10.7. The number of nitrogens with one attached hydrogen (secondary N) is 1. The molecule has 3 N–H and O–H groups in total. The van der Waals surface area contributed by atoms with Gasteiger partial charge in [-0.3, -0.25) is 14.9 Å². The van der Waals surface area contributed by atoms with Gasteiger partial charge in [0.2, 0.25) is 5.91 Å². The van der Waals surface area contributed by atoms with E-state index >= 15 is 0 Å². The predicted molar refractivity (Wildman–Crippen MR) is 69.6 cm³/mol. The molecule has 0 fully saturated rings. The van der Waals surface area contributed by atoms with Crippen LogP contribution in [0.2, 0.25) is 0 Å². The Bertz CT molecular complexity index is 686. The molecule has 110 valence electrons. The number of hydrogen-bond donors (Lipinski definition) is 2. The van der Waals surface area contributed by atoms with Gasteiger partial charge in [-0.15, -0.1) is 5.10 Å². The molecule has 0 aliphatic carbocycles. The molecule has 1 aromatic heterocycles. The number of nitrogens with two attached hydrogens (primary N) is 1. The lowest BCUT2D eigenvalue weighted by molar-refractivity contribution is -0.384. The van der Waals surface area contributed by atoms with Crippen LogP contribution in [0.3, 0.4) is 0 Å². The smallest absolute Gasteiger partial charge is 0.295 e. The number of halogens is 1. The van der Waals surface area contributed by atoms with Crippen LogP contribution in [0.5, 0.6) is 0 Å². The molecule has 0 saturated heterocycles. The Kier molecular flexibility index (Phi) is 4.18. The number of nitro groups is 1. The molecule has 2 rings (SSSR count). The van der Waals surface area contributed by atoms with Gasteiger partial charge in [-0.2, -0.15) is 0 Å². The van der Waals surface area contributed by atoms with Crippen molar-refractivity contribution in [3.63, 3.8) is 0 Å². The van der Waals surface area contributed by atoms with Gasteiger partial charge in [0, 0.05) is 12.6 Å². The average Bonchev–Trinajstić information content (AvgIpc) is 2.88. The van der Waals surface area contributed by atoms with Crippen LogP contribution in [-0.2, 0) is 17.9 Å². The SMILES string of the molecule is NCc1cn(CC(=O)Nc2c(F)cccc2[N+](=O)[O-])nn1. The number of anilines is 1. The summed E-state index contributed by atoms with van der Waals surface area (Å²) < 4.78 is 14.8. The van der Waals surface area contributed by atoms with E-state index in [-0.39, 0.29) is 13.1 Å². The van der Waals surface area contributed by atoms with Crippen molar-refractivity contribution in [2.45, 2.75) is 13.1 Å². The maximum Gasteiger partial charge on any atom is 0.295 e. The monoisotopic (exact) mass is 294 g/mol. The fourth-order valence-electron chi connectivity index (χ4n) is 1.62. The van der Waals surface area contributed by atoms with Crippen LogP contribution in [-0.4, -0.2) is 25.8 Å². The first-order valence-corrected chi connectivity index (χ1v) is 5.83. The summed E-state index contributed by atoms with van der Waals surface area (Å²) in [6.45, 7) is -0.0983. The Morgan fingerprint density at radius 1 is 1.52 bits per heavy atom. The third kappa shape index (κ3) is 3.36. The summed E-state index contributed by atoms with van der Waals surface area (Å²) in [5, 5.41) is 20.3. The van der Waals surface area contributed by atoms with Crippen LogP contribution in [0, 0.1) is 15.9 Å². The van der Waals surface area contributed by atoms with Gasteiger partial charge in [-0.1, -0.05) is 11.3 Å². The number of benzene rings is 1. The number of rotatable bonds is 5. The topological polar surface area (TPSA) is 129 Å². The Hall–Kier alpha value is -2.88. The van der Waals surface area contributed by atoms with Gasteiger partial charge in [0.05, 0.1) is 16.8 Å². The molecule has 0 unspecified atom stereocenters. The second-order valence-electron chi connectivity index (χ2n) is 4.05. The van der Waals surface area contributed by atoms with Crippen molar-refractivity contribution in [3.05, 3.63) is 46.0 Å². The maximum absolute atomic E-state index is 13.6. The predicted octanol–water partition coefficient (Wildman–Crippen LogP) is 0.423. The zero-order valence-electron chi connectivity index (χ0n) is 10.7. The van der Waals surface area contributed by atoms with Crippen molar-refractivity contribution in [3.8, 4) is 0 Å². The van der Waals surface area contributed by atoms with Crippen molar-refractivity contribution in [2.75, 3.05) is 5.32 Å². The third-order valence-corrected chi connectivity index (χ3v) is 2.55. The van der Waals surface area contributed by atoms with Gasteiger partial charge in [0.15, 0.2) is 11.5 Å². The van der Waals surface area contributed by atoms with Crippen LogP contribution in [0.4, 0.5) is 15.8 Å². The normalized spacial score (nSPS) is 10.4. The largest absolute Gasteiger partial charge is 0.325 e. The second-order valence-corrected chi connectivity index (χ2v) is 4.05. The third-order valence-electron chi connectivity index (χ3n) is 2.55. The summed E-state index contributed by atoms with van der Waals surface area (Å²) in [5.41, 5.74) is 4.83. The van der Waals surface area contributed by atoms with E-state index in [9.17, 15) is 19.3 Å². The molecule has 1 heterocycles. The van der Waals surface area contributed by atoms with Crippen LogP contribution in [0.15, 0.2) is 24.4 Å². The van der Waals surface area contributed by atoms with E-state index in [1.165, 1.54) is 16.9 Å². The highest BCUT2D eigenvalue weighted by Gasteiger charge is 2.20. The summed E-state index contributed by atoms with van der Waals surface area (Å²) >= 11 is 0. The molecular formula is C11H11FN6O3. The number of aromatic nitrogens is 3. The lowest BCUT2D eigenvalue weighted by Crippen LogP contribution is -2.20. The van der Waals surface area contributed by atoms with Crippen LogP contribution >= 0.6 is 0 Å². The molecule has 0 aliphatic rings. The minimum atomic E-state index is -0.890. The molecule has 0 bridgehead atoms. The lowest BCUT2D eigenvalue weighted by atomic mass is 10.2. The maximum atomic E-state index is 13.6. The first kappa shape index (κ1) is 14.5. The highest BCUT2D eigenvalue weighted by atomic mass is 19.1. The number of nitro benzene ring substituents is 1. The van der Waals surface area contributed by atoms with Crippen LogP contribution < -0.4 is 11.1 Å². The van der Waals surface area contributed by atoms with Crippen molar-refractivity contribution in [1.29, 1.82) is 0 Å². The van der Waals surface area contributed by atoms with Crippen LogP contribution in [0.25, 0.3) is 0 Å². The first-order chi connectivity index (χ1) is 10.0. The number of amides is 1. The summed E-state index contributed by atoms with van der Waals surface area (Å²) in [6.07, 6.45) is 1.45. The fourth-order valence-corrected chi connectivity index (χ4v) is 1.62. The standard InChI is InChI=1S/C11H11FN6O3/c12-8-2-1-3-9(18(20)21)11(8)14-10(19)6-17-5-7(4-13)15-16-17/h1-3,5H,4,6,13H2,(H,14,19). The number of carbonyl (C=O) groups is 1. The summed E-state index contributed by atoms with van der Waals surface area (Å²) in [4.78, 5) is 21.8. The van der Waals surface area contributed by atoms with Crippen molar-refractivity contribution < 1.29 is 14.1 Å². The first-order valence-electron chi connectivity index (χ1n) is 5.83. The molecule has 0 radical (unpaired) electrons. The average molecular weight is 294 g/mol. The molecule has 21 heavy (non-hydrogen) atoms. The Morgan fingerprint density at radius 2 is 2.29 bits per heavy atom. The van der Waals surface area contributed by atoms with Gasteiger partial charge in [0.1, 0.15) is 6.54 Å². The van der Waals surface area contributed by atoms with Crippen molar-refractivity contribution in [1.82, 2.24) is 15.0 Å². The number of carbonyl (C=O) groups excluding carboxylic acids is 1. The number of nitrogens with zero attached hydrogens (tertiary/aromatic N) is 4. The number of para-hydroxylation sites is 1. The summed E-state index contributed by atoms with van der Waals surface area (Å²) in [5.74, 6) is -1.56. The Balaban J connectivity index is 2.14. The highest BCUT2D eigenvalue weighted by molar-refractivity contribution is 5.93. The minimum absolute atomic E-state index is 0.167. The molecule has 1 amide bonds. The molecular weight excluding hydrogens is 283 g/mol. The van der Waals surface area contributed by atoms with E-state index < -0.39 is 28.0 Å². The van der Waals surface area contributed by atoms with Gasteiger partial charge in [-0.25, -0.2) is 9.07 Å². The lowest BCUT2D eigenvalue weighted by Gasteiger charge is -2.06. The molecule has 0 saturated carbocycles. The van der Waals surface area contributed by atoms with E-state index in [0.29, 0.717) is 5.69 Å². The van der Waals surface area contributed by atoms with Gasteiger partial charge < -0.3 is 11.1 Å². The van der Waals surface area contributed by atoms with Crippen LogP contribution in [0.1, 0.15) is 5.69 Å². The molecule has 1 aromatic carbocycles. The number of hydrogen-bond acceptors (Lipinski definition) is 6. The summed E-state index contributed by atoms with van der Waals surface area (Å²) in [7, 11) is 0.